The molecule has 0 saturated heterocycles. The maximum absolute atomic E-state index is 11.1. The van der Waals surface area contributed by atoms with Crippen molar-refractivity contribution in [2.24, 2.45) is 0 Å². The molecule has 1 rings (SSSR count). The summed E-state index contributed by atoms with van der Waals surface area (Å²) in [5.41, 5.74) is 6.43. The molecule has 0 saturated carbocycles. The first kappa shape index (κ1) is 12.9. The summed E-state index contributed by atoms with van der Waals surface area (Å²) in [4.78, 5) is 11.9. The van der Waals surface area contributed by atoms with Crippen LogP contribution in [0.1, 0.15) is 26.2 Å². The number of nitrogens with two attached hydrogens (primary N) is 1. The molecule has 0 amide bonds. The van der Waals surface area contributed by atoms with E-state index in [9.17, 15) is 4.79 Å². The zero-order valence-corrected chi connectivity index (χ0v) is 10.2. The SMILES string of the molecule is CCCCC(Sc1ccccc1N)C(=O)O. The quantitative estimate of drug-likeness (QED) is 0.591. The highest BCUT2D eigenvalue weighted by molar-refractivity contribution is 8.00. The molecule has 1 atom stereocenters. The van der Waals surface area contributed by atoms with Crippen LogP contribution in [0, 0.1) is 0 Å². The van der Waals surface area contributed by atoms with Gasteiger partial charge in [-0.05, 0) is 18.6 Å². The van der Waals surface area contributed by atoms with E-state index in [1.165, 1.54) is 11.8 Å². The fourth-order valence-corrected chi connectivity index (χ4v) is 2.42. The maximum Gasteiger partial charge on any atom is 0.316 e. The normalized spacial score (nSPS) is 12.3. The van der Waals surface area contributed by atoms with Gasteiger partial charge in [0.05, 0.1) is 0 Å². The second-order valence-corrected chi connectivity index (χ2v) is 4.87. The monoisotopic (exact) mass is 239 g/mol. The number of unbranched alkanes of at least 4 members (excludes halogenated alkanes) is 1. The third-order valence-electron chi connectivity index (χ3n) is 2.28. The smallest absolute Gasteiger partial charge is 0.316 e. The number of anilines is 1. The summed E-state index contributed by atoms with van der Waals surface area (Å²) in [5.74, 6) is -0.762. The molecule has 0 bridgehead atoms. The van der Waals surface area contributed by atoms with E-state index in [0.717, 1.165) is 17.7 Å². The average molecular weight is 239 g/mol. The molecule has 4 heteroatoms. The van der Waals surface area contributed by atoms with E-state index in [2.05, 4.69) is 6.92 Å². The molecule has 3 N–H and O–H groups in total. The topological polar surface area (TPSA) is 63.3 Å². The third-order valence-corrected chi connectivity index (χ3v) is 3.63. The van der Waals surface area contributed by atoms with Crippen LogP contribution in [0.2, 0.25) is 0 Å². The van der Waals surface area contributed by atoms with Crippen molar-refractivity contribution in [3.05, 3.63) is 24.3 Å². The molecular formula is C12H17NO2S. The van der Waals surface area contributed by atoms with Crippen LogP contribution < -0.4 is 5.73 Å². The van der Waals surface area contributed by atoms with Crippen LogP contribution in [-0.2, 0) is 4.79 Å². The third kappa shape index (κ3) is 3.77. The van der Waals surface area contributed by atoms with E-state index in [1.54, 1.807) is 6.07 Å². The zero-order chi connectivity index (χ0) is 12.0. The lowest BCUT2D eigenvalue weighted by atomic mass is 10.2. The largest absolute Gasteiger partial charge is 0.480 e. The van der Waals surface area contributed by atoms with Gasteiger partial charge in [-0.15, -0.1) is 11.8 Å². The Morgan fingerprint density at radius 1 is 1.50 bits per heavy atom. The number of rotatable bonds is 6. The highest BCUT2D eigenvalue weighted by Crippen LogP contribution is 2.30. The van der Waals surface area contributed by atoms with Gasteiger partial charge in [0.1, 0.15) is 5.25 Å². The van der Waals surface area contributed by atoms with E-state index in [4.69, 9.17) is 10.8 Å². The number of para-hydroxylation sites is 1. The van der Waals surface area contributed by atoms with E-state index >= 15 is 0 Å². The molecular weight excluding hydrogens is 222 g/mol. The van der Waals surface area contributed by atoms with E-state index in [-0.39, 0.29) is 0 Å². The standard InChI is InChI=1S/C12H17NO2S/c1-2-3-7-11(12(14)15)16-10-8-5-4-6-9(10)13/h4-6,8,11H,2-3,7,13H2,1H3,(H,14,15). The number of nitrogen functional groups attached to an aromatic ring is 1. The lowest BCUT2D eigenvalue weighted by Crippen LogP contribution is -2.16. The molecule has 0 heterocycles. The summed E-state index contributed by atoms with van der Waals surface area (Å²) in [6, 6.07) is 7.38. The summed E-state index contributed by atoms with van der Waals surface area (Å²) in [5, 5.41) is 8.69. The van der Waals surface area contributed by atoms with Crippen molar-refractivity contribution >= 4 is 23.4 Å². The molecule has 0 fully saturated rings. The number of hydrogen-bond donors (Lipinski definition) is 2. The molecule has 1 aromatic carbocycles. The summed E-state index contributed by atoms with van der Waals surface area (Å²) in [7, 11) is 0. The Morgan fingerprint density at radius 3 is 2.75 bits per heavy atom. The van der Waals surface area contributed by atoms with Crippen LogP contribution in [0.4, 0.5) is 5.69 Å². The molecule has 0 aromatic heterocycles. The molecule has 0 radical (unpaired) electrons. The van der Waals surface area contributed by atoms with Gasteiger partial charge in [0, 0.05) is 10.6 Å². The first-order valence-electron chi connectivity index (χ1n) is 5.39. The predicted octanol–water partition coefficient (Wildman–Crippen LogP) is 3.00. The molecule has 3 nitrogen and oxygen atoms in total. The highest BCUT2D eigenvalue weighted by Gasteiger charge is 2.18. The number of thioether (sulfide) groups is 1. The van der Waals surface area contributed by atoms with Gasteiger partial charge in [0.25, 0.3) is 0 Å². The Balaban J connectivity index is 2.68. The van der Waals surface area contributed by atoms with Crippen molar-refractivity contribution in [3.8, 4) is 0 Å². The maximum atomic E-state index is 11.1. The Morgan fingerprint density at radius 2 is 2.19 bits per heavy atom. The minimum atomic E-state index is -0.762. The lowest BCUT2D eigenvalue weighted by molar-refractivity contribution is -0.136. The zero-order valence-electron chi connectivity index (χ0n) is 9.35. The van der Waals surface area contributed by atoms with Crippen molar-refractivity contribution in [1.82, 2.24) is 0 Å². The highest BCUT2D eigenvalue weighted by atomic mass is 32.2. The van der Waals surface area contributed by atoms with E-state index < -0.39 is 11.2 Å². The molecule has 1 aromatic rings. The first-order valence-corrected chi connectivity index (χ1v) is 6.27. The number of benzene rings is 1. The van der Waals surface area contributed by atoms with E-state index in [0.29, 0.717) is 12.1 Å². The number of aliphatic carboxylic acids is 1. The van der Waals surface area contributed by atoms with Crippen LogP contribution in [0.5, 0.6) is 0 Å². The van der Waals surface area contributed by atoms with E-state index in [1.807, 2.05) is 18.2 Å². The van der Waals surface area contributed by atoms with Gasteiger partial charge < -0.3 is 10.8 Å². The second-order valence-electron chi connectivity index (χ2n) is 3.62. The number of hydrogen-bond acceptors (Lipinski definition) is 3. The Labute approximate surface area is 100 Å². The van der Waals surface area contributed by atoms with Gasteiger partial charge in [0.2, 0.25) is 0 Å². The number of carboxylic acid groups (broad SMARTS) is 1. The van der Waals surface area contributed by atoms with Crippen molar-refractivity contribution in [2.75, 3.05) is 5.73 Å². The molecule has 0 aliphatic heterocycles. The molecule has 0 aliphatic carbocycles. The fourth-order valence-electron chi connectivity index (χ4n) is 1.36. The van der Waals surface area contributed by atoms with Gasteiger partial charge in [-0.2, -0.15) is 0 Å². The molecule has 16 heavy (non-hydrogen) atoms. The van der Waals surface area contributed by atoms with Gasteiger partial charge in [-0.3, -0.25) is 4.79 Å². The van der Waals surface area contributed by atoms with Crippen LogP contribution >= 0.6 is 11.8 Å². The lowest BCUT2D eigenvalue weighted by Gasteiger charge is -2.12. The second kappa shape index (κ2) is 6.43. The first-order chi connectivity index (χ1) is 7.65. The molecule has 0 spiro atoms. The summed E-state index contributed by atoms with van der Waals surface area (Å²) < 4.78 is 0. The van der Waals surface area contributed by atoms with Crippen molar-refractivity contribution in [2.45, 2.75) is 36.3 Å². The van der Waals surface area contributed by atoms with Crippen LogP contribution in [0.15, 0.2) is 29.2 Å². The van der Waals surface area contributed by atoms with Gasteiger partial charge in [-0.1, -0.05) is 31.9 Å². The number of carboxylic acids is 1. The van der Waals surface area contributed by atoms with Crippen molar-refractivity contribution in [3.63, 3.8) is 0 Å². The minimum absolute atomic E-state index is 0.398. The summed E-state index contributed by atoms with van der Waals surface area (Å²) >= 11 is 1.34. The Kier molecular flexibility index (Phi) is 5.19. The number of carbonyl (C=O) groups is 1. The summed E-state index contributed by atoms with van der Waals surface area (Å²) in [6.45, 7) is 2.06. The predicted molar refractivity (Wildman–Crippen MR) is 67.7 cm³/mol. The fraction of sp³-hybridized carbons (Fsp3) is 0.417. The van der Waals surface area contributed by atoms with Crippen LogP contribution in [0.3, 0.4) is 0 Å². The average Bonchev–Trinajstić information content (AvgIpc) is 2.26. The van der Waals surface area contributed by atoms with Gasteiger partial charge in [-0.25, -0.2) is 0 Å². The minimum Gasteiger partial charge on any atom is -0.480 e. The van der Waals surface area contributed by atoms with Crippen LogP contribution in [-0.4, -0.2) is 16.3 Å². The molecule has 1 unspecified atom stereocenters. The Bertz CT molecular complexity index is 355. The van der Waals surface area contributed by atoms with Crippen molar-refractivity contribution in [1.29, 1.82) is 0 Å². The van der Waals surface area contributed by atoms with Crippen LogP contribution in [0.25, 0.3) is 0 Å². The summed E-state index contributed by atoms with van der Waals surface area (Å²) in [6.07, 6.45) is 2.62. The van der Waals surface area contributed by atoms with Crippen molar-refractivity contribution < 1.29 is 9.90 Å². The molecule has 88 valence electrons. The van der Waals surface area contributed by atoms with Gasteiger partial charge >= 0.3 is 5.97 Å². The molecule has 0 aliphatic rings. The van der Waals surface area contributed by atoms with Gasteiger partial charge in [0.15, 0.2) is 0 Å². The Hall–Kier alpha value is -1.16.